The minimum absolute atomic E-state index is 0. The van der Waals surface area contributed by atoms with Crippen molar-refractivity contribution in [2.24, 2.45) is 0 Å². The Kier molecular flexibility index (Phi) is 18.5. The van der Waals surface area contributed by atoms with Gasteiger partial charge in [0.05, 0.1) is 0 Å². The van der Waals surface area contributed by atoms with Crippen LogP contribution in [-0.2, 0) is 19.5 Å². The molecule has 309 valence electrons. The van der Waals surface area contributed by atoms with E-state index in [1.54, 1.807) is 0 Å². The van der Waals surface area contributed by atoms with E-state index >= 15 is 0 Å². The van der Waals surface area contributed by atoms with Crippen LogP contribution >= 0.6 is 80.8 Å². The maximum absolute atomic E-state index is 2.71. The average Bonchev–Trinajstić information content (AvgIpc) is 3.36. The van der Waals surface area contributed by atoms with Crippen molar-refractivity contribution < 1.29 is 19.5 Å². The van der Waals surface area contributed by atoms with Crippen molar-refractivity contribution in [1.29, 1.82) is 0 Å². The molecule has 9 rings (SSSR count). The summed E-state index contributed by atoms with van der Waals surface area (Å²) in [6.45, 7) is 0. The maximum Gasteiger partial charge on any atom is 0 e. The molecule has 9 aromatic carbocycles. The SMILES string of the molecule is I[PH](c1ccccc1)(c1ccccc1)c1ccccc1.I[PH](c1ccccc1)(c1ccccc1)c1ccccc1.I[PH](c1ccccc1)(c1ccccc1)c1ccccc1.[Rh]. The molecular weight excluding hydrogens is 1230 g/mol. The van der Waals surface area contributed by atoms with Crippen LogP contribution in [-0.4, -0.2) is 0 Å². The molecule has 0 spiro atoms. The first-order chi connectivity index (χ1) is 29.4. The van der Waals surface area contributed by atoms with Gasteiger partial charge in [-0.25, -0.2) is 0 Å². The van der Waals surface area contributed by atoms with Crippen molar-refractivity contribution >= 4 is 129 Å². The van der Waals surface area contributed by atoms with Crippen LogP contribution in [0.2, 0.25) is 0 Å². The van der Waals surface area contributed by atoms with E-state index in [0.717, 1.165) is 0 Å². The van der Waals surface area contributed by atoms with Gasteiger partial charge in [0, 0.05) is 19.5 Å². The Morgan fingerprint density at radius 1 is 0.164 bits per heavy atom. The van der Waals surface area contributed by atoms with Crippen LogP contribution in [0, 0.1) is 0 Å². The van der Waals surface area contributed by atoms with E-state index in [0.29, 0.717) is 0 Å². The van der Waals surface area contributed by atoms with Crippen molar-refractivity contribution in [2.45, 2.75) is 0 Å². The molecule has 0 nitrogen and oxygen atoms in total. The molecule has 0 aliphatic heterocycles. The Morgan fingerprint density at radius 2 is 0.246 bits per heavy atom. The average molecular weight is 1270 g/mol. The normalized spacial score (nSPS) is 11.9. The smallest absolute Gasteiger partial charge is 0 e. The molecule has 0 bridgehead atoms. The number of hydrogen-bond donors (Lipinski definition) is 0. The fourth-order valence-corrected chi connectivity index (χ4v) is 26.1. The van der Waals surface area contributed by atoms with Crippen molar-refractivity contribution in [3.05, 3.63) is 273 Å². The summed E-state index contributed by atoms with van der Waals surface area (Å²) in [5.41, 5.74) is 0. The van der Waals surface area contributed by atoms with Crippen molar-refractivity contribution in [3.63, 3.8) is 0 Å². The molecule has 0 saturated heterocycles. The van der Waals surface area contributed by atoms with Gasteiger partial charge in [0.2, 0.25) is 0 Å². The molecule has 0 aliphatic carbocycles. The second kappa shape index (κ2) is 23.7. The third kappa shape index (κ3) is 11.4. The van der Waals surface area contributed by atoms with Gasteiger partial charge < -0.3 is 0 Å². The van der Waals surface area contributed by atoms with E-state index in [1.165, 1.54) is 47.7 Å². The molecule has 0 saturated carbocycles. The molecule has 1 radical (unpaired) electrons. The summed E-state index contributed by atoms with van der Waals surface area (Å²) in [4.78, 5) is -5.72. The Bertz CT molecular complexity index is 2010. The fourth-order valence-electron chi connectivity index (χ4n) is 7.51. The van der Waals surface area contributed by atoms with Crippen molar-refractivity contribution in [3.8, 4) is 0 Å². The van der Waals surface area contributed by atoms with Gasteiger partial charge >= 0.3 is 402 Å². The molecule has 9 aromatic rings. The first kappa shape index (κ1) is 47.6. The van der Waals surface area contributed by atoms with Gasteiger partial charge in [-0.05, 0) is 0 Å². The van der Waals surface area contributed by atoms with Crippen LogP contribution in [0.4, 0.5) is 0 Å². The van der Waals surface area contributed by atoms with E-state index in [2.05, 4.69) is 339 Å². The molecule has 0 unspecified atom stereocenters. The van der Waals surface area contributed by atoms with Gasteiger partial charge in [-0.1, -0.05) is 0 Å². The molecule has 61 heavy (non-hydrogen) atoms. The number of halogens is 3. The van der Waals surface area contributed by atoms with Gasteiger partial charge in [-0.3, -0.25) is 0 Å². The molecule has 0 heterocycles. The van der Waals surface area contributed by atoms with Gasteiger partial charge in [-0.15, -0.1) is 0 Å². The van der Waals surface area contributed by atoms with E-state index in [4.69, 9.17) is 0 Å². The molecule has 0 amide bonds. The number of benzene rings is 9. The van der Waals surface area contributed by atoms with E-state index in [-0.39, 0.29) is 19.5 Å². The zero-order chi connectivity index (χ0) is 41.5. The molecule has 0 aromatic heterocycles. The Hall–Kier alpha value is -2.92. The predicted octanol–water partition coefficient (Wildman–Crippen LogP) is 12.2. The zero-order valence-corrected chi connectivity index (χ0v) is 44.6. The van der Waals surface area contributed by atoms with Crippen LogP contribution in [0.15, 0.2) is 273 Å². The van der Waals surface area contributed by atoms with Crippen LogP contribution < -0.4 is 47.7 Å². The van der Waals surface area contributed by atoms with Crippen LogP contribution in [0.5, 0.6) is 0 Å². The first-order valence-electron chi connectivity index (χ1n) is 20.0. The van der Waals surface area contributed by atoms with Crippen molar-refractivity contribution in [2.75, 3.05) is 0 Å². The number of rotatable bonds is 9. The minimum atomic E-state index is -1.91. The largest absolute Gasteiger partial charge is 0 e. The van der Waals surface area contributed by atoms with E-state index in [1.807, 2.05) is 0 Å². The Labute approximate surface area is 416 Å². The summed E-state index contributed by atoms with van der Waals surface area (Å²) in [6, 6.07) is 98.0. The molecular formula is C54H48I3P3Rh. The predicted molar refractivity (Wildman–Crippen MR) is 302 cm³/mol. The van der Waals surface area contributed by atoms with E-state index in [9.17, 15) is 0 Å². The zero-order valence-electron chi connectivity index (χ0n) is 33.4. The summed E-state index contributed by atoms with van der Waals surface area (Å²) < 4.78 is 0. The summed E-state index contributed by atoms with van der Waals surface area (Å²) in [5.74, 6) is 0. The van der Waals surface area contributed by atoms with Crippen LogP contribution in [0.25, 0.3) is 0 Å². The minimum Gasteiger partial charge on any atom is 0 e. The Balaban J connectivity index is 0.000000152. The summed E-state index contributed by atoms with van der Waals surface area (Å²) in [7, 11) is 0. The molecule has 0 N–H and O–H groups in total. The topological polar surface area (TPSA) is 0 Å². The van der Waals surface area contributed by atoms with Crippen LogP contribution in [0.1, 0.15) is 0 Å². The monoisotopic (exact) mass is 1270 g/mol. The fraction of sp³-hybridized carbons (Fsp3) is 0. The third-order valence-electron chi connectivity index (χ3n) is 10.5. The Morgan fingerprint density at radius 3 is 0.328 bits per heavy atom. The molecule has 0 aliphatic rings. The molecule has 7 heteroatoms. The molecule has 0 fully saturated rings. The number of hydrogen-bond acceptors (Lipinski definition) is 0. The maximum atomic E-state index is 2.71. The van der Waals surface area contributed by atoms with E-state index < -0.39 is 14.7 Å². The van der Waals surface area contributed by atoms with Crippen molar-refractivity contribution in [1.82, 2.24) is 0 Å². The van der Waals surface area contributed by atoms with Gasteiger partial charge in [-0.2, -0.15) is 0 Å². The standard InChI is InChI=1S/3C18H16IP.Rh/c3*19-20(16-10-4-1-5-11-16,17-12-6-2-7-13-17)18-14-8-3-9-15-18;/h3*1-15,20H;. The quantitative estimate of drug-likeness (QED) is 0.0768. The summed E-state index contributed by atoms with van der Waals surface area (Å²) >= 11 is 8.13. The summed E-state index contributed by atoms with van der Waals surface area (Å²) in [6.07, 6.45) is 0. The van der Waals surface area contributed by atoms with Gasteiger partial charge in [0.1, 0.15) is 0 Å². The van der Waals surface area contributed by atoms with Gasteiger partial charge in [0.15, 0.2) is 0 Å². The van der Waals surface area contributed by atoms with Crippen LogP contribution in [0.3, 0.4) is 0 Å². The first-order valence-corrected chi connectivity index (χ1v) is 35.4. The summed E-state index contributed by atoms with van der Waals surface area (Å²) in [5, 5.41) is 13.0. The van der Waals surface area contributed by atoms with Gasteiger partial charge in [0.25, 0.3) is 0 Å². The second-order valence-corrected chi connectivity index (χ2v) is 38.0. The molecule has 0 atom stereocenters. The second-order valence-electron chi connectivity index (χ2n) is 14.3. The third-order valence-corrected chi connectivity index (χ3v) is 37.5.